The molecule has 0 aromatic heterocycles. The van der Waals surface area contributed by atoms with Gasteiger partial charge in [-0.15, -0.1) is 0 Å². The standard InChI is InChI=1S/C8H4BF6O2/c10-7(11,12)4-1-5(8(13,14)15)3-6(2-4)17-9-16/h1-3,16H. The summed E-state index contributed by atoms with van der Waals surface area (Å²) in [5.74, 6) is -0.755. The normalized spacial score (nSPS) is 12.4. The minimum absolute atomic E-state index is 0.00432. The number of alkyl halides is 6. The molecule has 0 atom stereocenters. The molecule has 1 aromatic rings. The largest absolute Gasteiger partial charge is 0.569 e. The van der Waals surface area contributed by atoms with Gasteiger partial charge in [-0.2, -0.15) is 26.3 Å². The molecule has 1 N–H and O–H groups in total. The van der Waals surface area contributed by atoms with Gasteiger partial charge in [-0.3, -0.25) is 0 Å². The number of rotatable bonds is 2. The van der Waals surface area contributed by atoms with E-state index in [1.807, 2.05) is 0 Å². The van der Waals surface area contributed by atoms with Crippen molar-refractivity contribution in [3.63, 3.8) is 0 Å². The average Bonchev–Trinajstić information content (AvgIpc) is 2.15. The molecule has 0 heterocycles. The van der Waals surface area contributed by atoms with Crippen LogP contribution in [-0.2, 0) is 12.4 Å². The molecule has 9 heteroatoms. The summed E-state index contributed by atoms with van der Waals surface area (Å²) in [5.41, 5.74) is -3.02. The lowest BCUT2D eigenvalue weighted by Gasteiger charge is -2.13. The first-order valence-electron chi connectivity index (χ1n) is 4.06. The maximum Gasteiger partial charge on any atom is 0.569 e. The Morgan fingerprint density at radius 1 is 0.882 bits per heavy atom. The van der Waals surface area contributed by atoms with Crippen molar-refractivity contribution in [3.8, 4) is 5.75 Å². The molecular weight excluding hydrogens is 253 g/mol. The van der Waals surface area contributed by atoms with E-state index in [0.29, 0.717) is 12.1 Å². The summed E-state index contributed by atoms with van der Waals surface area (Å²) in [6.45, 7) is 0. The van der Waals surface area contributed by atoms with Crippen LogP contribution in [0.15, 0.2) is 18.2 Å². The molecule has 1 aromatic carbocycles. The molecule has 93 valence electrons. The van der Waals surface area contributed by atoms with Gasteiger partial charge in [0.25, 0.3) is 0 Å². The quantitative estimate of drug-likeness (QED) is 0.651. The summed E-state index contributed by atoms with van der Waals surface area (Å²) in [7, 11) is -0.00432. The predicted molar refractivity (Wildman–Crippen MR) is 45.0 cm³/mol. The predicted octanol–water partition coefficient (Wildman–Crippen LogP) is 2.63. The Bertz CT molecular complexity index is 368. The van der Waals surface area contributed by atoms with Gasteiger partial charge >= 0.3 is 20.0 Å². The first-order valence-corrected chi connectivity index (χ1v) is 4.06. The molecule has 0 unspecified atom stereocenters. The third-order valence-electron chi connectivity index (χ3n) is 1.75. The Labute approximate surface area is 92.1 Å². The number of halogens is 6. The van der Waals surface area contributed by atoms with E-state index in [2.05, 4.69) is 4.65 Å². The maximum atomic E-state index is 12.3. The van der Waals surface area contributed by atoms with Crippen molar-refractivity contribution < 1.29 is 36.0 Å². The Kier molecular flexibility index (Phi) is 3.61. The van der Waals surface area contributed by atoms with Gasteiger partial charge in [0.2, 0.25) is 0 Å². The fourth-order valence-electron chi connectivity index (χ4n) is 1.06. The molecule has 0 saturated carbocycles. The minimum Gasteiger partial charge on any atom is -0.537 e. The molecule has 0 spiro atoms. The van der Waals surface area contributed by atoms with Crippen LogP contribution in [0.5, 0.6) is 5.75 Å². The molecule has 0 saturated heterocycles. The highest BCUT2D eigenvalue weighted by Crippen LogP contribution is 2.37. The lowest BCUT2D eigenvalue weighted by molar-refractivity contribution is -0.143. The van der Waals surface area contributed by atoms with E-state index >= 15 is 0 Å². The molecule has 0 amide bonds. The van der Waals surface area contributed by atoms with Crippen LogP contribution < -0.4 is 4.65 Å². The van der Waals surface area contributed by atoms with E-state index in [1.165, 1.54) is 0 Å². The molecular formula is C8H4BF6O2. The van der Waals surface area contributed by atoms with Crippen molar-refractivity contribution in [1.29, 1.82) is 0 Å². The van der Waals surface area contributed by atoms with Crippen LogP contribution in [-0.4, -0.2) is 12.7 Å². The summed E-state index contributed by atoms with van der Waals surface area (Å²) in [6.07, 6.45) is -9.87. The zero-order valence-electron chi connectivity index (χ0n) is 7.93. The van der Waals surface area contributed by atoms with E-state index in [0.717, 1.165) is 0 Å². The van der Waals surface area contributed by atoms with E-state index in [1.54, 1.807) is 0 Å². The lowest BCUT2D eigenvalue weighted by atomic mass is 10.1. The topological polar surface area (TPSA) is 29.5 Å². The van der Waals surface area contributed by atoms with Crippen LogP contribution in [0.25, 0.3) is 0 Å². The molecule has 0 bridgehead atoms. The number of benzene rings is 1. The monoisotopic (exact) mass is 257 g/mol. The third kappa shape index (κ3) is 3.55. The van der Waals surface area contributed by atoms with Crippen molar-refractivity contribution in [3.05, 3.63) is 29.3 Å². The fraction of sp³-hybridized carbons (Fsp3) is 0.250. The van der Waals surface area contributed by atoms with Gasteiger partial charge in [-0.25, -0.2) is 0 Å². The van der Waals surface area contributed by atoms with Crippen molar-refractivity contribution in [2.45, 2.75) is 12.4 Å². The molecule has 0 fully saturated rings. The van der Waals surface area contributed by atoms with Gasteiger partial charge < -0.3 is 9.68 Å². The second kappa shape index (κ2) is 4.48. The Morgan fingerprint density at radius 2 is 1.29 bits per heavy atom. The highest BCUT2D eigenvalue weighted by Gasteiger charge is 2.37. The second-order valence-corrected chi connectivity index (χ2v) is 2.96. The van der Waals surface area contributed by atoms with Gasteiger partial charge in [0.15, 0.2) is 0 Å². The van der Waals surface area contributed by atoms with Crippen molar-refractivity contribution in [2.75, 3.05) is 0 Å². The lowest BCUT2D eigenvalue weighted by Crippen LogP contribution is -2.12. The first-order chi connectivity index (χ1) is 7.64. The van der Waals surface area contributed by atoms with Gasteiger partial charge in [-0.05, 0) is 18.2 Å². The van der Waals surface area contributed by atoms with Gasteiger partial charge in [0.05, 0.1) is 11.1 Å². The number of hydrogen-bond acceptors (Lipinski definition) is 2. The fourth-order valence-corrected chi connectivity index (χ4v) is 1.06. The SMILES string of the molecule is O[B]Oc1cc(C(F)(F)F)cc(C(F)(F)F)c1. The Hall–Kier alpha value is -1.38. The maximum absolute atomic E-state index is 12.3. The first kappa shape index (κ1) is 13.7. The van der Waals surface area contributed by atoms with Crippen LogP contribution in [0.2, 0.25) is 0 Å². The zero-order chi connectivity index (χ0) is 13.3. The van der Waals surface area contributed by atoms with Crippen molar-refractivity contribution in [1.82, 2.24) is 0 Å². The van der Waals surface area contributed by atoms with Crippen LogP contribution in [0.1, 0.15) is 11.1 Å². The molecule has 17 heavy (non-hydrogen) atoms. The summed E-state index contributed by atoms with van der Waals surface area (Å²) in [5, 5.41) is 8.20. The average molecular weight is 257 g/mol. The molecule has 0 aliphatic carbocycles. The molecule has 2 nitrogen and oxygen atoms in total. The number of hydrogen-bond donors (Lipinski definition) is 1. The second-order valence-electron chi connectivity index (χ2n) is 2.96. The third-order valence-corrected chi connectivity index (χ3v) is 1.75. The highest BCUT2D eigenvalue weighted by molar-refractivity contribution is 6.17. The smallest absolute Gasteiger partial charge is 0.537 e. The zero-order valence-corrected chi connectivity index (χ0v) is 7.93. The molecule has 1 radical (unpaired) electrons. The van der Waals surface area contributed by atoms with Gasteiger partial charge in [0, 0.05) is 0 Å². The highest BCUT2D eigenvalue weighted by atomic mass is 19.4. The summed E-state index contributed by atoms with van der Waals surface area (Å²) in [4.78, 5) is 0. The summed E-state index contributed by atoms with van der Waals surface area (Å²) >= 11 is 0. The summed E-state index contributed by atoms with van der Waals surface area (Å²) < 4.78 is 77.8. The minimum atomic E-state index is -4.94. The van der Waals surface area contributed by atoms with E-state index in [-0.39, 0.29) is 13.8 Å². The van der Waals surface area contributed by atoms with E-state index in [4.69, 9.17) is 5.02 Å². The molecule has 1 rings (SSSR count). The molecule has 0 aliphatic rings. The Balaban J connectivity index is 3.29. The van der Waals surface area contributed by atoms with E-state index < -0.39 is 29.2 Å². The summed E-state index contributed by atoms with van der Waals surface area (Å²) in [6, 6.07) is 0.661. The van der Waals surface area contributed by atoms with Crippen LogP contribution in [0.4, 0.5) is 26.3 Å². The van der Waals surface area contributed by atoms with Gasteiger partial charge in [-0.1, -0.05) is 0 Å². The van der Waals surface area contributed by atoms with Gasteiger partial charge in [0.1, 0.15) is 5.75 Å². The molecule has 0 aliphatic heterocycles. The van der Waals surface area contributed by atoms with E-state index in [9.17, 15) is 26.3 Å². The van der Waals surface area contributed by atoms with Crippen molar-refractivity contribution in [2.24, 2.45) is 0 Å². The Morgan fingerprint density at radius 3 is 1.59 bits per heavy atom. The van der Waals surface area contributed by atoms with Crippen LogP contribution in [0, 0.1) is 0 Å². The van der Waals surface area contributed by atoms with Crippen LogP contribution in [0.3, 0.4) is 0 Å². The van der Waals surface area contributed by atoms with Crippen LogP contribution >= 0.6 is 0 Å². The van der Waals surface area contributed by atoms with Crippen molar-refractivity contribution >= 4 is 7.69 Å².